The molecule has 0 spiro atoms. The molecule has 136 valence electrons. The number of carbonyl (C=O) groups is 2. The summed E-state index contributed by atoms with van der Waals surface area (Å²) < 4.78 is 5.38. The second kappa shape index (κ2) is 7.46. The summed E-state index contributed by atoms with van der Waals surface area (Å²) in [5.74, 6) is -0.0958. The molecule has 2 unspecified atom stereocenters. The van der Waals surface area contributed by atoms with Crippen molar-refractivity contribution in [1.29, 1.82) is 0 Å². The third-order valence-corrected chi connectivity index (χ3v) is 5.39. The fourth-order valence-corrected chi connectivity index (χ4v) is 3.89. The fourth-order valence-electron chi connectivity index (χ4n) is 3.89. The molecule has 0 saturated carbocycles. The zero-order valence-corrected chi connectivity index (χ0v) is 15.4. The number of nitrogens with zero attached hydrogens (tertiary/aromatic N) is 1. The molecule has 0 aliphatic carbocycles. The van der Waals surface area contributed by atoms with E-state index in [1.54, 1.807) is 0 Å². The molecule has 0 bridgehead atoms. The predicted molar refractivity (Wildman–Crippen MR) is 98.0 cm³/mol. The molecule has 2 heterocycles. The Bertz CT molecular complexity index is 671. The van der Waals surface area contributed by atoms with Gasteiger partial charge in [-0.25, -0.2) is 4.79 Å². The van der Waals surface area contributed by atoms with Crippen LogP contribution in [0.5, 0.6) is 0 Å². The lowest BCUT2D eigenvalue weighted by atomic mass is 9.89. The van der Waals surface area contributed by atoms with Crippen LogP contribution in [0.2, 0.25) is 0 Å². The first-order valence-electron chi connectivity index (χ1n) is 9.32. The van der Waals surface area contributed by atoms with Crippen molar-refractivity contribution >= 4 is 17.6 Å². The predicted octanol–water partition coefficient (Wildman–Crippen LogP) is 3.47. The Morgan fingerprint density at radius 1 is 1.24 bits per heavy atom. The molecule has 5 heteroatoms. The van der Waals surface area contributed by atoms with Crippen LogP contribution >= 0.6 is 0 Å². The van der Waals surface area contributed by atoms with Gasteiger partial charge in [-0.05, 0) is 62.6 Å². The van der Waals surface area contributed by atoms with Gasteiger partial charge < -0.3 is 15.0 Å². The van der Waals surface area contributed by atoms with E-state index >= 15 is 0 Å². The normalized spacial score (nSPS) is 22.8. The van der Waals surface area contributed by atoms with Crippen molar-refractivity contribution in [2.75, 3.05) is 25.0 Å². The van der Waals surface area contributed by atoms with E-state index in [0.29, 0.717) is 11.5 Å². The van der Waals surface area contributed by atoms with Crippen molar-refractivity contribution in [2.45, 2.75) is 58.4 Å². The molecular weight excluding hydrogens is 316 g/mol. The monoisotopic (exact) mass is 344 g/mol. The summed E-state index contributed by atoms with van der Waals surface area (Å²) >= 11 is 0. The van der Waals surface area contributed by atoms with Crippen molar-refractivity contribution in [2.24, 2.45) is 0 Å². The lowest BCUT2D eigenvalue weighted by Gasteiger charge is -2.33. The minimum Gasteiger partial charge on any atom is -0.452 e. The van der Waals surface area contributed by atoms with Gasteiger partial charge in [0, 0.05) is 19.1 Å². The van der Waals surface area contributed by atoms with Crippen LogP contribution in [0.1, 0.15) is 66.9 Å². The summed E-state index contributed by atoms with van der Waals surface area (Å²) in [7, 11) is 0. The lowest BCUT2D eigenvalue weighted by Crippen LogP contribution is -2.44. The molecule has 1 amide bonds. The summed E-state index contributed by atoms with van der Waals surface area (Å²) in [6, 6.07) is 4.21. The number of likely N-dealkylation sites (tertiary alicyclic amines) is 1. The number of rotatable bonds is 3. The Balaban J connectivity index is 1.70. The van der Waals surface area contributed by atoms with E-state index in [1.807, 2.05) is 17.9 Å². The molecular formula is C20H28N2O3. The smallest absolute Gasteiger partial charge is 0.340 e. The standard InChI is InChI=1S/C20H28N2O3/c1-13-10-16-14(2)7-8-21-19(16)17(11-13)20(24)25-12-18(23)22-9-5-4-6-15(22)3/h10-11,14-15,21H,4-9,12H2,1-3H3. The summed E-state index contributed by atoms with van der Waals surface area (Å²) in [4.78, 5) is 26.8. The first-order valence-corrected chi connectivity index (χ1v) is 9.32. The topological polar surface area (TPSA) is 58.6 Å². The van der Waals surface area contributed by atoms with Crippen LogP contribution in [-0.4, -0.2) is 42.5 Å². The highest BCUT2D eigenvalue weighted by Crippen LogP contribution is 2.35. The molecule has 25 heavy (non-hydrogen) atoms. The summed E-state index contributed by atoms with van der Waals surface area (Å²) in [5.41, 5.74) is 3.61. The number of benzene rings is 1. The van der Waals surface area contributed by atoms with Crippen LogP contribution < -0.4 is 5.32 Å². The van der Waals surface area contributed by atoms with Gasteiger partial charge in [-0.3, -0.25) is 4.79 Å². The zero-order chi connectivity index (χ0) is 18.0. The average molecular weight is 344 g/mol. The number of amides is 1. The number of aryl methyl sites for hydroxylation is 1. The number of nitrogens with one attached hydrogen (secondary N) is 1. The molecule has 1 aromatic rings. The van der Waals surface area contributed by atoms with Gasteiger partial charge in [0.15, 0.2) is 6.61 Å². The molecule has 3 rings (SSSR count). The first kappa shape index (κ1) is 17.8. The fraction of sp³-hybridized carbons (Fsp3) is 0.600. The molecule has 0 radical (unpaired) electrons. The van der Waals surface area contributed by atoms with E-state index in [9.17, 15) is 9.59 Å². The van der Waals surface area contributed by atoms with Crippen LogP contribution in [0.3, 0.4) is 0 Å². The average Bonchev–Trinajstić information content (AvgIpc) is 2.60. The molecule has 5 nitrogen and oxygen atoms in total. The van der Waals surface area contributed by atoms with E-state index in [2.05, 4.69) is 25.2 Å². The van der Waals surface area contributed by atoms with Gasteiger partial charge in [0.1, 0.15) is 0 Å². The Morgan fingerprint density at radius 3 is 2.80 bits per heavy atom. The quantitative estimate of drug-likeness (QED) is 0.853. The molecule has 1 saturated heterocycles. The second-order valence-corrected chi connectivity index (χ2v) is 7.40. The van der Waals surface area contributed by atoms with Crippen LogP contribution in [0.4, 0.5) is 5.69 Å². The van der Waals surface area contributed by atoms with E-state index in [0.717, 1.165) is 55.6 Å². The number of carbonyl (C=O) groups excluding carboxylic acids is 2. The van der Waals surface area contributed by atoms with Gasteiger partial charge in [-0.1, -0.05) is 13.0 Å². The van der Waals surface area contributed by atoms with Crippen molar-refractivity contribution in [3.63, 3.8) is 0 Å². The molecule has 1 fully saturated rings. The van der Waals surface area contributed by atoms with Crippen molar-refractivity contribution < 1.29 is 14.3 Å². The first-order chi connectivity index (χ1) is 12.0. The number of anilines is 1. The van der Waals surface area contributed by atoms with Gasteiger partial charge >= 0.3 is 5.97 Å². The number of hydrogen-bond donors (Lipinski definition) is 1. The van der Waals surface area contributed by atoms with E-state index < -0.39 is 5.97 Å². The van der Waals surface area contributed by atoms with Gasteiger partial charge in [0.05, 0.1) is 11.3 Å². The van der Waals surface area contributed by atoms with Crippen molar-refractivity contribution in [3.8, 4) is 0 Å². The summed E-state index contributed by atoms with van der Waals surface area (Å²) in [5, 5.41) is 3.33. The number of esters is 1. The number of hydrogen-bond acceptors (Lipinski definition) is 4. The highest BCUT2D eigenvalue weighted by molar-refractivity contribution is 5.98. The minimum absolute atomic E-state index is 0.0941. The Morgan fingerprint density at radius 2 is 2.04 bits per heavy atom. The van der Waals surface area contributed by atoms with Gasteiger partial charge in [0.25, 0.3) is 5.91 Å². The van der Waals surface area contributed by atoms with Gasteiger partial charge in [-0.15, -0.1) is 0 Å². The highest BCUT2D eigenvalue weighted by atomic mass is 16.5. The summed E-state index contributed by atoms with van der Waals surface area (Å²) in [6.07, 6.45) is 4.25. The Labute approximate surface area is 149 Å². The minimum atomic E-state index is -0.417. The number of piperidine rings is 1. The third kappa shape index (κ3) is 3.80. The Hall–Kier alpha value is -2.04. The van der Waals surface area contributed by atoms with E-state index in [4.69, 9.17) is 4.74 Å². The molecule has 2 aliphatic heterocycles. The second-order valence-electron chi connectivity index (χ2n) is 7.40. The summed E-state index contributed by atoms with van der Waals surface area (Å²) in [6.45, 7) is 7.65. The number of fused-ring (bicyclic) bond motifs is 1. The number of ether oxygens (including phenoxy) is 1. The van der Waals surface area contributed by atoms with E-state index in [1.165, 1.54) is 0 Å². The van der Waals surface area contributed by atoms with Crippen LogP contribution in [0.15, 0.2) is 12.1 Å². The van der Waals surface area contributed by atoms with Crippen LogP contribution in [0, 0.1) is 6.92 Å². The maximum Gasteiger partial charge on any atom is 0.340 e. The molecule has 1 aromatic carbocycles. The largest absolute Gasteiger partial charge is 0.452 e. The molecule has 1 N–H and O–H groups in total. The van der Waals surface area contributed by atoms with Crippen molar-refractivity contribution in [1.82, 2.24) is 4.90 Å². The lowest BCUT2D eigenvalue weighted by molar-refractivity contribution is -0.137. The Kier molecular flexibility index (Phi) is 5.30. The van der Waals surface area contributed by atoms with E-state index in [-0.39, 0.29) is 18.6 Å². The van der Waals surface area contributed by atoms with Gasteiger partial charge in [-0.2, -0.15) is 0 Å². The third-order valence-electron chi connectivity index (χ3n) is 5.39. The maximum absolute atomic E-state index is 12.6. The van der Waals surface area contributed by atoms with Crippen LogP contribution in [-0.2, 0) is 9.53 Å². The van der Waals surface area contributed by atoms with Crippen LogP contribution in [0.25, 0.3) is 0 Å². The zero-order valence-electron chi connectivity index (χ0n) is 15.4. The maximum atomic E-state index is 12.6. The molecule has 2 aliphatic rings. The van der Waals surface area contributed by atoms with Crippen molar-refractivity contribution in [3.05, 3.63) is 28.8 Å². The SMILES string of the molecule is Cc1cc(C(=O)OCC(=O)N2CCCCC2C)c2c(c1)C(C)CCN2. The van der Waals surface area contributed by atoms with Gasteiger partial charge in [0.2, 0.25) is 0 Å². The molecule has 0 aromatic heterocycles. The molecule has 2 atom stereocenters. The highest BCUT2D eigenvalue weighted by Gasteiger charge is 2.26.